The zero-order chi connectivity index (χ0) is 26.4. The van der Waals surface area contributed by atoms with Gasteiger partial charge < -0.3 is 4.74 Å². The van der Waals surface area contributed by atoms with Crippen molar-refractivity contribution in [2.75, 3.05) is 6.61 Å². The number of hydrogen-bond acceptors (Lipinski definition) is 3. The average molecular weight is 519 g/mol. The van der Waals surface area contributed by atoms with Crippen molar-refractivity contribution in [1.82, 2.24) is 9.97 Å². The van der Waals surface area contributed by atoms with Gasteiger partial charge in [-0.15, -0.1) is 0 Å². The van der Waals surface area contributed by atoms with Crippen molar-refractivity contribution >= 4 is 0 Å². The predicted molar refractivity (Wildman–Crippen MR) is 160 cm³/mol. The van der Waals surface area contributed by atoms with Crippen molar-refractivity contribution < 1.29 is 4.74 Å². The van der Waals surface area contributed by atoms with Gasteiger partial charge in [-0.3, -0.25) is 0 Å². The zero-order valence-corrected chi connectivity index (χ0v) is 24.5. The van der Waals surface area contributed by atoms with Crippen LogP contribution in [0.2, 0.25) is 0 Å². The van der Waals surface area contributed by atoms with E-state index in [1.807, 2.05) is 12.4 Å². The van der Waals surface area contributed by atoms with Crippen LogP contribution in [0.3, 0.4) is 0 Å². The second-order valence-electron chi connectivity index (χ2n) is 12.6. The summed E-state index contributed by atoms with van der Waals surface area (Å²) in [6, 6.07) is 8.38. The maximum absolute atomic E-state index is 6.17. The Morgan fingerprint density at radius 2 is 1.13 bits per heavy atom. The summed E-state index contributed by atoms with van der Waals surface area (Å²) in [4.78, 5) is 9.39. The van der Waals surface area contributed by atoms with E-state index in [-0.39, 0.29) is 0 Å². The minimum atomic E-state index is 0.716. The van der Waals surface area contributed by atoms with E-state index in [1.54, 1.807) is 0 Å². The molecule has 38 heavy (non-hydrogen) atoms. The first kappa shape index (κ1) is 29.1. The van der Waals surface area contributed by atoms with Gasteiger partial charge in [0, 0.05) is 18.0 Å². The predicted octanol–water partition coefficient (Wildman–Crippen LogP) is 10.2. The quantitative estimate of drug-likeness (QED) is 0.220. The van der Waals surface area contributed by atoms with Crippen LogP contribution in [-0.2, 0) is 6.42 Å². The highest BCUT2D eigenvalue weighted by Crippen LogP contribution is 2.35. The maximum atomic E-state index is 6.17. The molecule has 0 N–H and O–H groups in total. The molecule has 2 saturated carbocycles. The van der Waals surface area contributed by atoms with Crippen molar-refractivity contribution in [1.29, 1.82) is 0 Å². The van der Waals surface area contributed by atoms with Gasteiger partial charge in [-0.05, 0) is 79.2 Å². The van der Waals surface area contributed by atoms with E-state index in [0.29, 0.717) is 5.92 Å². The molecule has 1 aromatic carbocycles. The monoisotopic (exact) mass is 518 g/mol. The molecule has 0 unspecified atom stereocenters. The van der Waals surface area contributed by atoms with Crippen molar-refractivity contribution in [2.45, 2.75) is 129 Å². The Hall–Kier alpha value is -1.90. The highest BCUT2D eigenvalue weighted by molar-refractivity contribution is 5.55. The first-order valence-corrected chi connectivity index (χ1v) is 16.3. The van der Waals surface area contributed by atoms with Gasteiger partial charge in [0.25, 0.3) is 0 Å². The lowest BCUT2D eigenvalue weighted by molar-refractivity contribution is 0.177. The standard InChI is InChI=1S/C35H54N2O/c1-3-5-7-9-28-11-13-30(14-12-28)17-20-32-25-36-35(37-26-32)33-21-23-34(24-22-33)38-27-31-18-15-29(16-19-31)10-8-6-4-2/h21-26,28-31H,3-20,27H2,1-2H3/t28-,29-,30-,31-. The smallest absolute Gasteiger partial charge is 0.159 e. The van der Waals surface area contributed by atoms with Crippen LogP contribution >= 0.6 is 0 Å². The fourth-order valence-corrected chi connectivity index (χ4v) is 6.78. The SMILES string of the molecule is CCCCC[C@H]1CC[C@H](CCc2cnc(-c3ccc(OC[C@H]4CC[C@H](CCCCC)CC4)cc3)nc2)CC1. The summed E-state index contributed by atoms with van der Waals surface area (Å²) in [6.45, 7) is 5.46. The molecule has 0 amide bonds. The third kappa shape index (κ3) is 9.69. The lowest BCUT2D eigenvalue weighted by Gasteiger charge is -2.28. The van der Waals surface area contributed by atoms with E-state index >= 15 is 0 Å². The van der Waals surface area contributed by atoms with Gasteiger partial charge >= 0.3 is 0 Å². The van der Waals surface area contributed by atoms with Crippen molar-refractivity contribution in [2.24, 2.45) is 23.7 Å². The number of benzene rings is 1. The van der Waals surface area contributed by atoms with Gasteiger partial charge in [0.2, 0.25) is 0 Å². The van der Waals surface area contributed by atoms with Crippen LogP contribution in [-0.4, -0.2) is 16.6 Å². The van der Waals surface area contributed by atoms with E-state index < -0.39 is 0 Å². The van der Waals surface area contributed by atoms with Gasteiger partial charge in [-0.1, -0.05) is 104 Å². The van der Waals surface area contributed by atoms with Gasteiger partial charge in [0.1, 0.15) is 5.75 Å². The molecule has 0 atom stereocenters. The van der Waals surface area contributed by atoms with Crippen LogP contribution in [0.5, 0.6) is 5.75 Å². The van der Waals surface area contributed by atoms with Gasteiger partial charge in [-0.25, -0.2) is 9.97 Å². The van der Waals surface area contributed by atoms with E-state index in [9.17, 15) is 0 Å². The molecule has 3 nitrogen and oxygen atoms in total. The lowest BCUT2D eigenvalue weighted by Crippen LogP contribution is -2.20. The molecular weight excluding hydrogens is 464 g/mol. The fourth-order valence-electron chi connectivity index (χ4n) is 6.78. The second-order valence-corrected chi connectivity index (χ2v) is 12.6. The molecule has 4 rings (SSSR count). The van der Waals surface area contributed by atoms with Crippen LogP contribution in [0.15, 0.2) is 36.7 Å². The summed E-state index contributed by atoms with van der Waals surface area (Å²) in [7, 11) is 0. The number of rotatable bonds is 15. The number of nitrogens with zero attached hydrogens (tertiary/aromatic N) is 2. The number of unbranched alkanes of at least 4 members (excludes halogenated alkanes) is 4. The first-order chi connectivity index (χ1) is 18.7. The summed E-state index contributed by atoms with van der Waals surface area (Å²) in [5.41, 5.74) is 2.34. The summed E-state index contributed by atoms with van der Waals surface area (Å²) in [5, 5.41) is 0. The molecule has 2 aliphatic carbocycles. The third-order valence-corrected chi connectivity index (χ3v) is 9.51. The summed E-state index contributed by atoms with van der Waals surface area (Å²) < 4.78 is 6.17. The molecular formula is C35H54N2O. The molecule has 0 aliphatic heterocycles. The summed E-state index contributed by atoms with van der Waals surface area (Å²) >= 11 is 0. The largest absolute Gasteiger partial charge is 0.493 e. The number of aryl methyl sites for hydroxylation is 1. The maximum Gasteiger partial charge on any atom is 0.159 e. The van der Waals surface area contributed by atoms with E-state index in [0.717, 1.165) is 47.9 Å². The Bertz CT molecular complexity index is 802. The van der Waals surface area contributed by atoms with E-state index in [2.05, 4.69) is 38.1 Å². The van der Waals surface area contributed by atoms with Crippen molar-refractivity contribution in [3.8, 4) is 17.1 Å². The fraction of sp³-hybridized carbons (Fsp3) is 0.714. The molecule has 1 heterocycles. The summed E-state index contributed by atoms with van der Waals surface area (Å²) in [5.74, 6) is 5.35. The molecule has 2 fully saturated rings. The first-order valence-electron chi connectivity index (χ1n) is 16.3. The van der Waals surface area contributed by atoms with Crippen LogP contribution in [0.1, 0.15) is 129 Å². The number of aromatic nitrogens is 2. The molecule has 0 saturated heterocycles. The molecule has 210 valence electrons. The Labute approximate surface area is 233 Å². The van der Waals surface area contributed by atoms with Gasteiger partial charge in [-0.2, -0.15) is 0 Å². The minimum absolute atomic E-state index is 0.716. The molecule has 1 aromatic heterocycles. The normalized spacial score (nSPS) is 23.8. The van der Waals surface area contributed by atoms with Crippen LogP contribution in [0.4, 0.5) is 0 Å². The Balaban J connectivity index is 1.14. The van der Waals surface area contributed by atoms with E-state index in [4.69, 9.17) is 14.7 Å². The highest BCUT2D eigenvalue weighted by atomic mass is 16.5. The topological polar surface area (TPSA) is 35.0 Å². The number of hydrogen-bond donors (Lipinski definition) is 0. The molecule has 3 heteroatoms. The van der Waals surface area contributed by atoms with Crippen LogP contribution in [0, 0.1) is 23.7 Å². The van der Waals surface area contributed by atoms with Crippen molar-refractivity contribution in [3.05, 3.63) is 42.2 Å². The van der Waals surface area contributed by atoms with E-state index in [1.165, 1.54) is 115 Å². The molecule has 2 aliphatic rings. The Morgan fingerprint density at radius 3 is 1.66 bits per heavy atom. The van der Waals surface area contributed by atoms with Crippen LogP contribution < -0.4 is 4.74 Å². The average Bonchev–Trinajstić information content (AvgIpc) is 2.97. The summed E-state index contributed by atoms with van der Waals surface area (Å²) in [6.07, 6.45) is 28.9. The van der Waals surface area contributed by atoms with Gasteiger partial charge in [0.05, 0.1) is 6.61 Å². The lowest BCUT2D eigenvalue weighted by atomic mass is 9.78. The Kier molecular flexibility index (Phi) is 12.4. The molecule has 0 bridgehead atoms. The number of ether oxygens (including phenoxy) is 1. The van der Waals surface area contributed by atoms with Gasteiger partial charge in [0.15, 0.2) is 5.82 Å². The molecule has 2 aromatic rings. The highest BCUT2D eigenvalue weighted by Gasteiger charge is 2.22. The Morgan fingerprint density at radius 1 is 0.632 bits per heavy atom. The molecule has 0 spiro atoms. The molecule has 0 radical (unpaired) electrons. The zero-order valence-electron chi connectivity index (χ0n) is 24.5. The second kappa shape index (κ2) is 16.3. The van der Waals surface area contributed by atoms with Crippen molar-refractivity contribution in [3.63, 3.8) is 0 Å². The third-order valence-electron chi connectivity index (χ3n) is 9.51. The minimum Gasteiger partial charge on any atom is -0.493 e. The van der Waals surface area contributed by atoms with Crippen LogP contribution in [0.25, 0.3) is 11.4 Å².